The molecule has 10 heteroatoms. The predicted octanol–water partition coefficient (Wildman–Crippen LogP) is 5.04. The number of hydrogen-bond acceptors (Lipinski definition) is 3. The second-order valence-corrected chi connectivity index (χ2v) is 5.47. The van der Waals surface area contributed by atoms with Crippen molar-refractivity contribution in [3.63, 3.8) is 0 Å². The maximum atomic E-state index is 13.0. The second-order valence-electron chi connectivity index (χ2n) is 4.27. The summed E-state index contributed by atoms with van der Waals surface area (Å²) >= 11 is 17.0. The van der Waals surface area contributed by atoms with Crippen molar-refractivity contribution >= 4 is 35.4 Å². The van der Waals surface area contributed by atoms with Crippen LogP contribution in [0.1, 0.15) is 19.2 Å². The molecule has 1 aromatic carbocycles. The summed E-state index contributed by atoms with van der Waals surface area (Å²) in [5, 5.41) is 5.23. The molecule has 2 aromatic rings. The fourth-order valence-electron chi connectivity index (χ4n) is 1.75. The van der Waals surface area contributed by atoms with E-state index in [4.69, 9.17) is 40.2 Å². The molecule has 0 saturated carbocycles. The minimum Gasteiger partial charge on any atom is -0.493 e. The Labute approximate surface area is 138 Å². The molecule has 0 fully saturated rings. The van der Waals surface area contributed by atoms with Crippen molar-refractivity contribution in [2.75, 3.05) is 6.61 Å². The molecule has 0 spiro atoms. The zero-order valence-corrected chi connectivity index (χ0v) is 13.5. The van der Waals surface area contributed by atoms with Crippen LogP contribution in [0.3, 0.4) is 0 Å². The summed E-state index contributed by atoms with van der Waals surface area (Å²) < 4.78 is 44.7. The van der Waals surface area contributed by atoms with E-state index in [1.165, 1.54) is 12.1 Å². The average molecular weight is 372 g/mol. The number of aromatic amines is 1. The lowest BCUT2D eigenvalue weighted by Crippen LogP contribution is -2.14. The van der Waals surface area contributed by atoms with Gasteiger partial charge in [-0.05, 0) is 18.6 Å². The lowest BCUT2D eigenvalue weighted by atomic mass is 10.3. The van der Waals surface area contributed by atoms with Crippen molar-refractivity contribution in [1.82, 2.24) is 14.8 Å². The van der Waals surface area contributed by atoms with E-state index in [1.807, 2.05) is 6.92 Å². The molecule has 2 rings (SSSR count). The van der Waals surface area contributed by atoms with Crippen LogP contribution >= 0.6 is 35.4 Å². The Morgan fingerprint density at radius 3 is 2.41 bits per heavy atom. The van der Waals surface area contributed by atoms with E-state index < -0.39 is 12.0 Å². The molecular weight excluding hydrogens is 362 g/mol. The second kappa shape index (κ2) is 6.47. The van der Waals surface area contributed by atoms with Crippen LogP contribution in [0.5, 0.6) is 5.75 Å². The van der Waals surface area contributed by atoms with E-state index in [0.717, 1.165) is 6.42 Å². The first-order chi connectivity index (χ1) is 10.3. The van der Waals surface area contributed by atoms with Gasteiger partial charge in [-0.2, -0.15) is 13.2 Å². The summed E-state index contributed by atoms with van der Waals surface area (Å²) in [7, 11) is 0. The van der Waals surface area contributed by atoms with Crippen LogP contribution in [0.2, 0.25) is 10.0 Å². The number of nitrogens with one attached hydrogen (secondary N) is 1. The van der Waals surface area contributed by atoms with E-state index in [1.54, 1.807) is 0 Å². The van der Waals surface area contributed by atoms with Gasteiger partial charge in [0.25, 0.3) is 0 Å². The molecular formula is C12H10Cl2F3N3OS. The lowest BCUT2D eigenvalue weighted by Gasteiger charge is -2.14. The van der Waals surface area contributed by atoms with E-state index in [2.05, 4.69) is 10.2 Å². The summed E-state index contributed by atoms with van der Waals surface area (Å²) in [6.45, 7) is 2.35. The molecule has 0 unspecified atom stereocenters. The Kier molecular flexibility index (Phi) is 5.03. The Morgan fingerprint density at radius 1 is 1.32 bits per heavy atom. The number of nitrogens with zero attached hydrogens (tertiary/aromatic N) is 2. The van der Waals surface area contributed by atoms with Crippen LogP contribution < -0.4 is 4.74 Å². The van der Waals surface area contributed by atoms with Gasteiger partial charge >= 0.3 is 6.18 Å². The van der Waals surface area contributed by atoms with Crippen molar-refractivity contribution < 1.29 is 17.9 Å². The molecule has 0 aliphatic rings. The van der Waals surface area contributed by atoms with Gasteiger partial charge in [0.15, 0.2) is 4.77 Å². The highest BCUT2D eigenvalue weighted by molar-refractivity contribution is 7.71. The number of rotatable bonds is 4. The molecule has 4 nitrogen and oxygen atoms in total. The minimum absolute atomic E-state index is 0.0263. The highest BCUT2D eigenvalue weighted by Gasteiger charge is 2.38. The number of hydrogen-bond donors (Lipinski definition) is 1. The third-order valence-corrected chi connectivity index (χ3v) is 3.46. The number of aromatic nitrogens is 3. The summed E-state index contributed by atoms with van der Waals surface area (Å²) in [5.74, 6) is -0.868. The molecule has 1 N–H and O–H groups in total. The van der Waals surface area contributed by atoms with E-state index >= 15 is 0 Å². The number of ether oxygens (including phenoxy) is 1. The summed E-state index contributed by atoms with van der Waals surface area (Å²) in [5.41, 5.74) is -0.0988. The van der Waals surface area contributed by atoms with Crippen LogP contribution in [0, 0.1) is 4.77 Å². The largest absolute Gasteiger partial charge is 0.493 e. The molecule has 1 aromatic heterocycles. The van der Waals surface area contributed by atoms with Gasteiger partial charge < -0.3 is 4.74 Å². The predicted molar refractivity (Wildman–Crippen MR) is 79.6 cm³/mol. The molecule has 0 amide bonds. The van der Waals surface area contributed by atoms with Crippen LogP contribution in [0.25, 0.3) is 5.69 Å². The zero-order chi connectivity index (χ0) is 16.5. The van der Waals surface area contributed by atoms with Crippen LogP contribution in [-0.4, -0.2) is 21.4 Å². The van der Waals surface area contributed by atoms with E-state index in [-0.39, 0.29) is 20.5 Å². The fraction of sp³-hybridized carbons (Fsp3) is 0.333. The maximum absolute atomic E-state index is 13.0. The number of benzene rings is 1. The highest BCUT2D eigenvalue weighted by Crippen LogP contribution is 2.37. The molecule has 0 bridgehead atoms. The molecule has 0 saturated heterocycles. The van der Waals surface area contributed by atoms with Gasteiger partial charge in [-0.25, -0.2) is 0 Å². The molecule has 22 heavy (non-hydrogen) atoms. The van der Waals surface area contributed by atoms with Crippen molar-refractivity contribution in [3.8, 4) is 11.4 Å². The lowest BCUT2D eigenvalue weighted by molar-refractivity contribution is -0.146. The Hall–Kier alpha value is -1.25. The Bertz CT molecular complexity index is 719. The summed E-state index contributed by atoms with van der Waals surface area (Å²) in [6.07, 6.45) is -3.94. The first kappa shape index (κ1) is 17.1. The highest BCUT2D eigenvalue weighted by atomic mass is 35.5. The van der Waals surface area contributed by atoms with Gasteiger partial charge in [0, 0.05) is 12.1 Å². The smallest absolute Gasteiger partial charge is 0.452 e. The molecule has 0 radical (unpaired) electrons. The molecule has 120 valence electrons. The van der Waals surface area contributed by atoms with Gasteiger partial charge in [0.05, 0.1) is 22.3 Å². The Morgan fingerprint density at radius 2 is 1.91 bits per heavy atom. The first-order valence-electron chi connectivity index (χ1n) is 6.12. The summed E-state index contributed by atoms with van der Waals surface area (Å²) in [4.78, 5) is 0. The SMILES string of the molecule is CCCOc1cc(Cl)c(-n2c(C(F)(F)F)n[nH]c2=S)c(Cl)c1. The third-order valence-electron chi connectivity index (χ3n) is 2.61. The molecule has 0 aliphatic carbocycles. The number of alkyl halides is 3. The van der Waals surface area contributed by atoms with E-state index in [9.17, 15) is 13.2 Å². The Balaban J connectivity index is 2.60. The standard InChI is InChI=1S/C12H10Cl2F3N3OS/c1-2-3-21-6-4-7(13)9(8(14)5-6)20-10(12(15,16)17)18-19-11(20)22/h4-5H,2-3H2,1H3,(H,19,22). The quantitative estimate of drug-likeness (QED) is 0.765. The minimum atomic E-state index is -4.71. The third kappa shape index (κ3) is 3.39. The maximum Gasteiger partial charge on any atom is 0.452 e. The van der Waals surface area contributed by atoms with Crippen molar-refractivity contribution in [2.45, 2.75) is 19.5 Å². The van der Waals surface area contributed by atoms with Crippen molar-refractivity contribution in [3.05, 3.63) is 32.8 Å². The van der Waals surface area contributed by atoms with E-state index in [0.29, 0.717) is 16.9 Å². The average Bonchev–Trinajstić information content (AvgIpc) is 2.78. The van der Waals surface area contributed by atoms with Crippen LogP contribution in [0.15, 0.2) is 12.1 Å². The first-order valence-corrected chi connectivity index (χ1v) is 7.29. The van der Waals surface area contributed by atoms with Gasteiger partial charge in [-0.3, -0.25) is 9.67 Å². The zero-order valence-electron chi connectivity index (χ0n) is 11.2. The van der Waals surface area contributed by atoms with Crippen molar-refractivity contribution in [2.24, 2.45) is 0 Å². The van der Waals surface area contributed by atoms with Crippen LogP contribution in [-0.2, 0) is 6.18 Å². The van der Waals surface area contributed by atoms with Gasteiger partial charge in [0.1, 0.15) is 5.75 Å². The van der Waals surface area contributed by atoms with Gasteiger partial charge in [0.2, 0.25) is 5.82 Å². The molecule has 0 atom stereocenters. The number of H-pyrrole nitrogens is 1. The normalized spacial score (nSPS) is 11.7. The molecule has 1 heterocycles. The monoisotopic (exact) mass is 371 g/mol. The fourth-order valence-corrected chi connectivity index (χ4v) is 2.61. The summed E-state index contributed by atoms with van der Waals surface area (Å²) in [6, 6.07) is 2.76. The van der Waals surface area contributed by atoms with Gasteiger partial charge in [-0.1, -0.05) is 30.1 Å². The topological polar surface area (TPSA) is 42.8 Å². The molecule has 0 aliphatic heterocycles. The van der Waals surface area contributed by atoms with Crippen molar-refractivity contribution in [1.29, 1.82) is 0 Å². The van der Waals surface area contributed by atoms with Crippen LogP contribution in [0.4, 0.5) is 13.2 Å². The van der Waals surface area contributed by atoms with Gasteiger partial charge in [-0.15, -0.1) is 5.10 Å². The number of halogens is 5.